The van der Waals surface area contributed by atoms with Crippen molar-refractivity contribution in [3.63, 3.8) is 0 Å². The molecule has 0 saturated carbocycles. The van der Waals surface area contributed by atoms with E-state index >= 15 is 0 Å². The SMILES string of the molecule is CCNC(=O)c1ccc(NCCN2CCCCC2)c(N)c1. The third-order valence-electron chi connectivity index (χ3n) is 3.84. The number of benzene rings is 1. The normalized spacial score (nSPS) is 15.7. The van der Waals surface area contributed by atoms with E-state index in [1.165, 1.54) is 32.4 Å². The van der Waals surface area contributed by atoms with E-state index in [2.05, 4.69) is 15.5 Å². The van der Waals surface area contributed by atoms with Crippen molar-refractivity contribution < 1.29 is 4.79 Å². The van der Waals surface area contributed by atoms with Gasteiger partial charge in [-0.05, 0) is 51.1 Å². The van der Waals surface area contributed by atoms with Crippen LogP contribution in [0.3, 0.4) is 0 Å². The zero-order valence-electron chi connectivity index (χ0n) is 12.8. The fourth-order valence-corrected chi connectivity index (χ4v) is 2.66. The Bertz CT molecular complexity index is 469. The van der Waals surface area contributed by atoms with Crippen molar-refractivity contribution >= 4 is 17.3 Å². The maximum absolute atomic E-state index is 11.7. The van der Waals surface area contributed by atoms with Crippen molar-refractivity contribution in [2.75, 3.05) is 43.8 Å². The summed E-state index contributed by atoms with van der Waals surface area (Å²) in [5, 5.41) is 6.13. The lowest BCUT2D eigenvalue weighted by atomic mass is 10.1. The maximum Gasteiger partial charge on any atom is 0.251 e. The number of hydrogen-bond donors (Lipinski definition) is 3. The lowest BCUT2D eigenvalue weighted by Crippen LogP contribution is -2.33. The topological polar surface area (TPSA) is 70.4 Å². The molecule has 0 radical (unpaired) electrons. The molecule has 0 aromatic heterocycles. The van der Waals surface area contributed by atoms with Crippen LogP contribution in [0.4, 0.5) is 11.4 Å². The van der Waals surface area contributed by atoms with E-state index < -0.39 is 0 Å². The largest absolute Gasteiger partial charge is 0.397 e. The van der Waals surface area contributed by atoms with Crippen molar-refractivity contribution in [3.05, 3.63) is 23.8 Å². The van der Waals surface area contributed by atoms with E-state index in [9.17, 15) is 4.79 Å². The number of nitrogen functional groups attached to an aromatic ring is 1. The number of amides is 1. The van der Waals surface area contributed by atoms with Crippen molar-refractivity contribution in [3.8, 4) is 0 Å². The van der Waals surface area contributed by atoms with E-state index in [4.69, 9.17) is 5.73 Å². The summed E-state index contributed by atoms with van der Waals surface area (Å²) < 4.78 is 0. The van der Waals surface area contributed by atoms with Gasteiger partial charge >= 0.3 is 0 Å². The van der Waals surface area contributed by atoms with E-state index in [1.807, 2.05) is 19.1 Å². The molecule has 0 aliphatic carbocycles. The Labute approximate surface area is 126 Å². The Morgan fingerprint density at radius 1 is 1.29 bits per heavy atom. The number of carbonyl (C=O) groups is 1. The van der Waals surface area contributed by atoms with Crippen LogP contribution in [0.25, 0.3) is 0 Å². The van der Waals surface area contributed by atoms with Crippen LogP contribution in [0.1, 0.15) is 36.5 Å². The van der Waals surface area contributed by atoms with E-state index in [0.29, 0.717) is 17.8 Å². The Kier molecular flexibility index (Phi) is 5.87. The molecule has 0 spiro atoms. The van der Waals surface area contributed by atoms with Gasteiger partial charge in [0.1, 0.15) is 0 Å². The van der Waals surface area contributed by atoms with Gasteiger partial charge in [-0.3, -0.25) is 4.79 Å². The Balaban J connectivity index is 1.84. The molecule has 1 heterocycles. The molecule has 21 heavy (non-hydrogen) atoms. The molecule has 0 atom stereocenters. The Morgan fingerprint density at radius 3 is 2.71 bits per heavy atom. The minimum absolute atomic E-state index is 0.0796. The van der Waals surface area contributed by atoms with Crippen LogP contribution in [0.2, 0.25) is 0 Å². The molecule has 2 rings (SSSR count). The van der Waals surface area contributed by atoms with Crippen LogP contribution < -0.4 is 16.4 Å². The van der Waals surface area contributed by atoms with Crippen molar-refractivity contribution in [2.45, 2.75) is 26.2 Å². The molecule has 1 saturated heterocycles. The van der Waals surface area contributed by atoms with E-state index in [0.717, 1.165) is 18.8 Å². The molecule has 5 nitrogen and oxygen atoms in total. The fraction of sp³-hybridized carbons (Fsp3) is 0.562. The first-order valence-electron chi connectivity index (χ1n) is 7.84. The van der Waals surface area contributed by atoms with Crippen LogP contribution in [-0.4, -0.2) is 43.5 Å². The van der Waals surface area contributed by atoms with Gasteiger partial charge in [0.05, 0.1) is 11.4 Å². The monoisotopic (exact) mass is 290 g/mol. The van der Waals surface area contributed by atoms with Gasteiger partial charge in [-0.15, -0.1) is 0 Å². The third kappa shape index (κ3) is 4.63. The van der Waals surface area contributed by atoms with Crippen LogP contribution in [-0.2, 0) is 0 Å². The molecule has 116 valence electrons. The van der Waals surface area contributed by atoms with E-state index in [-0.39, 0.29) is 5.91 Å². The highest BCUT2D eigenvalue weighted by atomic mass is 16.1. The molecular weight excluding hydrogens is 264 g/mol. The first-order chi connectivity index (χ1) is 10.2. The summed E-state index contributed by atoms with van der Waals surface area (Å²) in [6.45, 7) is 6.84. The van der Waals surface area contributed by atoms with Crippen molar-refractivity contribution in [1.82, 2.24) is 10.2 Å². The second kappa shape index (κ2) is 7.88. The molecule has 4 N–H and O–H groups in total. The number of piperidine rings is 1. The van der Waals surface area contributed by atoms with E-state index in [1.54, 1.807) is 6.07 Å². The Morgan fingerprint density at radius 2 is 2.05 bits per heavy atom. The van der Waals surface area contributed by atoms with Crippen molar-refractivity contribution in [2.24, 2.45) is 0 Å². The smallest absolute Gasteiger partial charge is 0.251 e. The maximum atomic E-state index is 11.7. The molecule has 0 bridgehead atoms. The molecular formula is C16H26N4O. The predicted octanol–water partition coefficient (Wildman–Crippen LogP) is 1.92. The minimum Gasteiger partial charge on any atom is -0.397 e. The standard InChI is InChI=1S/C16H26N4O/c1-2-18-16(21)13-6-7-15(14(17)12-13)19-8-11-20-9-4-3-5-10-20/h6-7,12,19H,2-5,8-11,17H2,1H3,(H,18,21). The van der Waals surface area contributed by atoms with Gasteiger partial charge in [0.2, 0.25) is 0 Å². The molecule has 1 aliphatic heterocycles. The van der Waals surface area contributed by atoms with Crippen LogP contribution in [0, 0.1) is 0 Å². The van der Waals surface area contributed by atoms with Gasteiger partial charge in [-0.25, -0.2) is 0 Å². The number of rotatable bonds is 6. The molecule has 1 aliphatic rings. The second-order valence-electron chi connectivity index (χ2n) is 5.49. The Hall–Kier alpha value is -1.75. The fourth-order valence-electron chi connectivity index (χ4n) is 2.66. The average molecular weight is 290 g/mol. The first kappa shape index (κ1) is 15.6. The van der Waals surface area contributed by atoms with Gasteiger partial charge in [-0.2, -0.15) is 0 Å². The highest BCUT2D eigenvalue weighted by Gasteiger charge is 2.10. The lowest BCUT2D eigenvalue weighted by Gasteiger charge is -2.26. The van der Waals surface area contributed by atoms with Crippen LogP contribution in [0.5, 0.6) is 0 Å². The number of anilines is 2. The lowest BCUT2D eigenvalue weighted by molar-refractivity contribution is 0.0956. The minimum atomic E-state index is -0.0796. The first-order valence-corrected chi connectivity index (χ1v) is 7.84. The summed E-state index contributed by atoms with van der Waals surface area (Å²) in [5.74, 6) is -0.0796. The summed E-state index contributed by atoms with van der Waals surface area (Å²) in [6.07, 6.45) is 3.98. The van der Waals surface area contributed by atoms with Crippen LogP contribution >= 0.6 is 0 Å². The molecule has 5 heteroatoms. The predicted molar refractivity (Wildman–Crippen MR) is 87.6 cm³/mol. The quantitative estimate of drug-likeness (QED) is 0.700. The summed E-state index contributed by atoms with van der Waals surface area (Å²) >= 11 is 0. The zero-order valence-corrected chi connectivity index (χ0v) is 12.8. The molecule has 1 amide bonds. The molecule has 1 aromatic carbocycles. The number of likely N-dealkylation sites (tertiary alicyclic amines) is 1. The summed E-state index contributed by atoms with van der Waals surface area (Å²) in [5.41, 5.74) is 8.15. The number of nitrogens with one attached hydrogen (secondary N) is 2. The van der Waals surface area contributed by atoms with Crippen LogP contribution in [0.15, 0.2) is 18.2 Å². The zero-order chi connectivity index (χ0) is 15.1. The second-order valence-corrected chi connectivity index (χ2v) is 5.49. The molecule has 1 aromatic rings. The van der Waals surface area contributed by atoms with Gasteiger partial charge in [0.15, 0.2) is 0 Å². The summed E-state index contributed by atoms with van der Waals surface area (Å²) in [7, 11) is 0. The van der Waals surface area contributed by atoms with Crippen molar-refractivity contribution in [1.29, 1.82) is 0 Å². The number of nitrogens with zero attached hydrogens (tertiary/aromatic N) is 1. The number of nitrogens with two attached hydrogens (primary N) is 1. The molecule has 0 unspecified atom stereocenters. The summed E-state index contributed by atoms with van der Waals surface area (Å²) in [6, 6.07) is 5.43. The third-order valence-corrected chi connectivity index (χ3v) is 3.84. The highest BCUT2D eigenvalue weighted by Crippen LogP contribution is 2.19. The van der Waals surface area contributed by atoms with Gasteiger partial charge < -0.3 is 21.3 Å². The number of hydrogen-bond acceptors (Lipinski definition) is 4. The average Bonchev–Trinajstić information content (AvgIpc) is 2.50. The van der Waals surface area contributed by atoms with Gasteiger partial charge in [0, 0.05) is 25.2 Å². The number of carbonyl (C=O) groups excluding carboxylic acids is 1. The summed E-state index contributed by atoms with van der Waals surface area (Å²) in [4.78, 5) is 14.2. The van der Waals surface area contributed by atoms with Gasteiger partial charge in [0.25, 0.3) is 5.91 Å². The molecule has 1 fully saturated rings. The van der Waals surface area contributed by atoms with Gasteiger partial charge in [-0.1, -0.05) is 6.42 Å². The highest BCUT2D eigenvalue weighted by molar-refractivity contribution is 5.96.